The minimum atomic E-state index is -0.700. The first-order valence-corrected chi connectivity index (χ1v) is 24.7. The highest BCUT2D eigenvalue weighted by Crippen LogP contribution is 2.34. The van der Waals surface area contributed by atoms with Crippen molar-refractivity contribution in [3.63, 3.8) is 0 Å². The van der Waals surface area contributed by atoms with Crippen LogP contribution in [-0.4, -0.2) is 81.5 Å². The number of carbonyl (C=O) groups excluding carboxylic acids is 4. The van der Waals surface area contributed by atoms with Crippen molar-refractivity contribution in [2.24, 2.45) is 18.9 Å². The van der Waals surface area contributed by atoms with Gasteiger partial charge in [-0.15, -0.1) is 0 Å². The SMILES string of the molecule is Cc1ccc(NC2CNC2)cc1C(=O)N[C@H](C)c1ccc(C#CC2CCC(CCCCC(=O)N3CCC(c4ccc5c(c4)n(C)c(=O)n5C4CCC(=O)NC4=O)CC3)CC2)c2ccccc12.O=CO. The number of carbonyl (C=O) groups is 5. The van der Waals surface area contributed by atoms with Crippen LogP contribution >= 0.6 is 0 Å². The van der Waals surface area contributed by atoms with Gasteiger partial charge in [-0.25, -0.2) is 4.79 Å². The maximum Gasteiger partial charge on any atom is 0.329 e. The van der Waals surface area contributed by atoms with Crippen LogP contribution in [0, 0.1) is 30.6 Å². The minimum Gasteiger partial charge on any atom is -0.483 e. The van der Waals surface area contributed by atoms with Crippen LogP contribution in [0.4, 0.5) is 5.69 Å². The monoisotopic (exact) mass is 935 g/mol. The molecule has 1 saturated carbocycles. The number of unbranched alkanes of at least 4 members (excludes halogenated alkanes) is 1. The van der Waals surface area contributed by atoms with Gasteiger partial charge in [-0.2, -0.15) is 0 Å². The molecule has 2 atom stereocenters. The van der Waals surface area contributed by atoms with E-state index in [1.54, 1.807) is 11.6 Å². The lowest BCUT2D eigenvalue weighted by Crippen LogP contribution is -2.51. The Morgan fingerprint density at radius 3 is 2.33 bits per heavy atom. The number of likely N-dealkylation sites (tertiary alicyclic amines) is 1. The molecule has 1 aromatic heterocycles. The van der Waals surface area contributed by atoms with E-state index in [0.717, 1.165) is 115 Å². The third kappa shape index (κ3) is 11.3. The molecule has 9 rings (SSSR count). The number of anilines is 1. The molecular weight excluding hydrogens is 871 g/mol. The summed E-state index contributed by atoms with van der Waals surface area (Å²) in [6.07, 6.45) is 10.6. The molecule has 69 heavy (non-hydrogen) atoms. The highest BCUT2D eigenvalue weighted by molar-refractivity contribution is 6.00. The van der Waals surface area contributed by atoms with Crippen molar-refractivity contribution in [2.75, 3.05) is 31.5 Å². The first-order chi connectivity index (χ1) is 33.4. The van der Waals surface area contributed by atoms with E-state index in [0.29, 0.717) is 47.7 Å². The number of amides is 4. The molecule has 4 aromatic carbocycles. The summed E-state index contributed by atoms with van der Waals surface area (Å²) in [7, 11) is 1.73. The summed E-state index contributed by atoms with van der Waals surface area (Å²) in [6.45, 7) is 7.10. The molecule has 4 amide bonds. The van der Waals surface area contributed by atoms with Crippen molar-refractivity contribution in [1.29, 1.82) is 0 Å². The van der Waals surface area contributed by atoms with Crippen LogP contribution in [0.2, 0.25) is 0 Å². The zero-order valence-corrected chi connectivity index (χ0v) is 40.0. The first kappa shape index (κ1) is 48.7. The molecule has 0 bridgehead atoms. The number of nitrogens with one attached hydrogen (secondary N) is 4. The topological polar surface area (TPSA) is 184 Å². The van der Waals surface area contributed by atoms with E-state index >= 15 is 0 Å². The van der Waals surface area contributed by atoms with E-state index in [9.17, 15) is 24.0 Å². The van der Waals surface area contributed by atoms with Crippen molar-refractivity contribution in [3.8, 4) is 11.8 Å². The molecule has 14 nitrogen and oxygen atoms in total. The van der Waals surface area contributed by atoms with Crippen molar-refractivity contribution >= 4 is 57.6 Å². The summed E-state index contributed by atoms with van der Waals surface area (Å²) in [5.74, 6) is 7.97. The van der Waals surface area contributed by atoms with E-state index in [1.165, 1.54) is 17.4 Å². The molecule has 0 spiro atoms. The van der Waals surface area contributed by atoms with Crippen LogP contribution in [0.5, 0.6) is 0 Å². The Morgan fingerprint density at radius 2 is 1.62 bits per heavy atom. The number of hydrogen-bond acceptors (Lipinski definition) is 8. The first-order valence-electron chi connectivity index (χ1n) is 24.7. The van der Waals surface area contributed by atoms with Gasteiger partial charge in [0.15, 0.2) is 0 Å². The fourth-order valence-corrected chi connectivity index (χ4v) is 10.7. The molecule has 0 radical (unpaired) electrons. The Labute approximate surface area is 403 Å². The number of imidazole rings is 1. The highest BCUT2D eigenvalue weighted by Gasteiger charge is 2.32. The van der Waals surface area contributed by atoms with Gasteiger partial charge in [0.2, 0.25) is 17.7 Å². The van der Waals surface area contributed by atoms with Crippen molar-refractivity contribution in [3.05, 3.63) is 111 Å². The smallest absolute Gasteiger partial charge is 0.329 e. The summed E-state index contributed by atoms with van der Waals surface area (Å²) in [5, 5.41) is 21.5. The number of aryl methyl sites for hydroxylation is 2. The molecule has 4 aliphatic rings. The summed E-state index contributed by atoms with van der Waals surface area (Å²) < 4.78 is 3.11. The third-order valence-corrected chi connectivity index (χ3v) is 14.9. The molecule has 5 aromatic rings. The van der Waals surface area contributed by atoms with E-state index < -0.39 is 11.9 Å². The van der Waals surface area contributed by atoms with Gasteiger partial charge in [0.25, 0.3) is 12.4 Å². The fraction of sp³-hybridized carbons (Fsp3) is 0.455. The average molecular weight is 936 g/mol. The van der Waals surface area contributed by atoms with Crippen LogP contribution in [0.15, 0.2) is 77.6 Å². The number of rotatable bonds is 12. The second-order valence-electron chi connectivity index (χ2n) is 19.4. The van der Waals surface area contributed by atoms with E-state index in [2.05, 4.69) is 82.5 Å². The second kappa shape index (κ2) is 22.1. The summed E-state index contributed by atoms with van der Waals surface area (Å²) in [6, 6.07) is 24.2. The fourth-order valence-electron chi connectivity index (χ4n) is 10.7. The van der Waals surface area contributed by atoms with Gasteiger partial charge < -0.3 is 26.0 Å². The zero-order chi connectivity index (χ0) is 48.6. The number of hydrogen-bond donors (Lipinski definition) is 5. The predicted molar refractivity (Wildman–Crippen MR) is 268 cm³/mol. The Hall–Kier alpha value is -6.72. The van der Waals surface area contributed by atoms with Gasteiger partial charge >= 0.3 is 5.69 Å². The van der Waals surface area contributed by atoms with Crippen LogP contribution in [-0.2, 0) is 26.2 Å². The lowest BCUT2D eigenvalue weighted by atomic mass is 9.80. The van der Waals surface area contributed by atoms with Gasteiger partial charge in [-0.1, -0.05) is 67.1 Å². The molecule has 362 valence electrons. The van der Waals surface area contributed by atoms with E-state index in [1.807, 2.05) is 42.2 Å². The second-order valence-corrected chi connectivity index (χ2v) is 19.4. The van der Waals surface area contributed by atoms with E-state index in [4.69, 9.17) is 9.90 Å². The van der Waals surface area contributed by atoms with Gasteiger partial charge in [-0.3, -0.25) is 38.4 Å². The van der Waals surface area contributed by atoms with Crippen LogP contribution in [0.25, 0.3) is 21.8 Å². The molecule has 1 unspecified atom stereocenters. The number of nitrogens with zero attached hydrogens (tertiary/aromatic N) is 3. The lowest BCUT2D eigenvalue weighted by molar-refractivity contribution is -0.136. The molecule has 5 N–H and O–H groups in total. The maximum absolute atomic E-state index is 13.6. The number of piperidine rings is 2. The number of aromatic nitrogens is 2. The Kier molecular flexibility index (Phi) is 15.6. The summed E-state index contributed by atoms with van der Waals surface area (Å²) >= 11 is 0. The highest BCUT2D eigenvalue weighted by atomic mass is 16.3. The maximum atomic E-state index is 13.6. The Bertz CT molecular complexity index is 2840. The van der Waals surface area contributed by atoms with Crippen LogP contribution in [0.3, 0.4) is 0 Å². The molecular formula is C55H65N7O7. The molecule has 14 heteroatoms. The van der Waals surface area contributed by atoms with Crippen molar-refractivity contribution < 1.29 is 29.1 Å². The van der Waals surface area contributed by atoms with Gasteiger partial charge in [-0.05, 0) is 135 Å². The molecule has 3 aliphatic heterocycles. The lowest BCUT2D eigenvalue weighted by Gasteiger charge is -2.32. The molecule has 3 saturated heterocycles. The Balaban J connectivity index is 0.00000209. The number of benzene rings is 4. The molecule has 4 fully saturated rings. The average Bonchev–Trinajstić information content (AvgIpc) is 3.59. The van der Waals surface area contributed by atoms with Gasteiger partial charge in [0, 0.05) is 68.8 Å². The van der Waals surface area contributed by atoms with Gasteiger partial charge in [0.05, 0.1) is 23.1 Å². The van der Waals surface area contributed by atoms with Crippen LogP contribution in [0.1, 0.15) is 135 Å². The Morgan fingerprint density at radius 1 is 0.884 bits per heavy atom. The largest absolute Gasteiger partial charge is 0.483 e. The predicted octanol–water partition coefficient (Wildman–Crippen LogP) is 7.48. The van der Waals surface area contributed by atoms with Gasteiger partial charge in [0.1, 0.15) is 6.04 Å². The zero-order valence-electron chi connectivity index (χ0n) is 40.0. The normalized spacial score (nSPS) is 20.2. The minimum absolute atomic E-state index is 0.0765. The number of imide groups is 1. The third-order valence-electron chi connectivity index (χ3n) is 14.9. The number of carboxylic acid groups (broad SMARTS) is 1. The van der Waals surface area contributed by atoms with Crippen LogP contribution < -0.4 is 27.0 Å². The number of fused-ring (bicyclic) bond motifs is 2. The van der Waals surface area contributed by atoms with E-state index in [-0.39, 0.29) is 42.3 Å². The molecule has 4 heterocycles. The van der Waals surface area contributed by atoms with Crippen molar-refractivity contribution in [2.45, 2.75) is 115 Å². The summed E-state index contributed by atoms with van der Waals surface area (Å²) in [5.41, 5.74) is 7.06. The summed E-state index contributed by atoms with van der Waals surface area (Å²) in [4.78, 5) is 74.8. The molecule has 1 aliphatic carbocycles. The van der Waals surface area contributed by atoms with Crippen molar-refractivity contribution in [1.82, 2.24) is 30.0 Å². The quantitative estimate of drug-likeness (QED) is 0.0367. The standard InChI is InChI=1S/C54H63N7O5.CH2O2/c1-34-12-21-41(57-42-32-55-33-42)31-46(34)52(64)56-35(2)43-22-19-39(44-9-5-6-10-45(43)44)18-17-37-15-13-36(14-16-37)8-4-7-11-51(63)60-28-26-38(27-29-60)40-20-23-47-49(30-40)59(3)54(66)61(47)48-24-25-50(62)58-53(48)65;2-1-3/h5-6,9-10,12,19-23,30-31,35-38,42,48,55,57H,4,7-8,11,13-16,24-29,32-33H2,1-3H3,(H,56,64)(H,58,62,65);1H,(H,2,3)/t35-,36?,37?,48?;/m1./s1.